The maximum Gasteiger partial charge on any atom is 0.234 e. The molecule has 1 amide bonds. The molecule has 1 N–H and O–H groups in total. The summed E-state index contributed by atoms with van der Waals surface area (Å²) in [7, 11) is 1.66. The molecule has 2 fully saturated rings. The smallest absolute Gasteiger partial charge is 0.234 e. The number of methoxy groups -OCH3 is 1. The molecule has 2 saturated carbocycles. The maximum absolute atomic E-state index is 13.8. The minimum atomic E-state index is -0.960. The van der Waals surface area contributed by atoms with Crippen LogP contribution >= 0.6 is 0 Å². The van der Waals surface area contributed by atoms with Crippen molar-refractivity contribution < 1.29 is 24.2 Å². The standard InChI is InChI=1S/C29H46N2O5/c1-7-36-18-20(15-19(2)3)16-25(32)23-9-8-10-24(27(23)33)28(34)31(22-12-13-22)26-14-11-21(17-30-26)29(4,5)35-6/h11,14,17,19-20,22-24,27,33H,7-10,12-13,15-16,18H2,1-6H3/t20-,23-,24-,27+/m0/s1. The molecule has 3 rings (SSSR count). The van der Waals surface area contributed by atoms with Crippen molar-refractivity contribution in [1.82, 2.24) is 4.98 Å². The number of aliphatic hydroxyl groups is 1. The second kappa shape index (κ2) is 12.6. The fourth-order valence-corrected chi connectivity index (χ4v) is 5.39. The largest absolute Gasteiger partial charge is 0.392 e. The number of hydrogen-bond donors (Lipinski definition) is 1. The molecular weight excluding hydrogens is 456 g/mol. The first-order valence-corrected chi connectivity index (χ1v) is 13.7. The van der Waals surface area contributed by atoms with Crippen molar-refractivity contribution in [2.75, 3.05) is 25.2 Å². The number of aromatic nitrogens is 1. The number of anilines is 1. The van der Waals surface area contributed by atoms with Crippen LogP contribution in [0.25, 0.3) is 0 Å². The zero-order valence-corrected chi connectivity index (χ0v) is 23.0. The van der Waals surface area contributed by atoms with E-state index in [-0.39, 0.29) is 23.7 Å². The summed E-state index contributed by atoms with van der Waals surface area (Å²) in [6.07, 6.45) is 5.95. The lowest BCUT2D eigenvalue weighted by molar-refractivity contribution is -0.137. The van der Waals surface area contributed by atoms with Crippen LogP contribution in [0.1, 0.15) is 85.1 Å². The van der Waals surface area contributed by atoms with Gasteiger partial charge in [0.1, 0.15) is 11.6 Å². The van der Waals surface area contributed by atoms with Crippen molar-refractivity contribution in [3.8, 4) is 0 Å². The molecule has 1 heterocycles. The lowest BCUT2D eigenvalue weighted by Crippen LogP contribution is -2.48. The monoisotopic (exact) mass is 502 g/mol. The first-order chi connectivity index (χ1) is 17.1. The Labute approximate surface area is 217 Å². The summed E-state index contributed by atoms with van der Waals surface area (Å²) < 4.78 is 11.2. The number of Topliss-reactive ketones (excluding diaryl/α,β-unsaturated/α-hetero) is 1. The van der Waals surface area contributed by atoms with Gasteiger partial charge in [-0.1, -0.05) is 26.3 Å². The van der Waals surface area contributed by atoms with Gasteiger partial charge in [-0.3, -0.25) is 14.5 Å². The Balaban J connectivity index is 1.73. The third-order valence-electron chi connectivity index (χ3n) is 7.79. The van der Waals surface area contributed by atoms with Crippen LogP contribution < -0.4 is 4.90 Å². The average Bonchev–Trinajstić information content (AvgIpc) is 3.67. The number of hydrogen-bond acceptors (Lipinski definition) is 6. The molecule has 7 heteroatoms. The van der Waals surface area contributed by atoms with Crippen molar-refractivity contribution in [1.29, 1.82) is 0 Å². The molecule has 36 heavy (non-hydrogen) atoms. The zero-order valence-electron chi connectivity index (χ0n) is 23.0. The molecule has 202 valence electrons. The maximum atomic E-state index is 13.8. The minimum Gasteiger partial charge on any atom is -0.392 e. The molecule has 1 aromatic heterocycles. The molecule has 7 nitrogen and oxygen atoms in total. The summed E-state index contributed by atoms with van der Waals surface area (Å²) in [6, 6.07) is 3.93. The number of pyridine rings is 1. The quantitative estimate of drug-likeness (QED) is 0.413. The van der Waals surface area contributed by atoms with Crippen LogP contribution in [0.4, 0.5) is 5.82 Å². The van der Waals surface area contributed by atoms with Crippen LogP contribution in [-0.2, 0) is 24.7 Å². The van der Waals surface area contributed by atoms with E-state index >= 15 is 0 Å². The van der Waals surface area contributed by atoms with E-state index in [0.29, 0.717) is 44.2 Å². The van der Waals surface area contributed by atoms with Crippen molar-refractivity contribution in [3.63, 3.8) is 0 Å². The number of ketones is 1. The van der Waals surface area contributed by atoms with Crippen LogP contribution in [0.5, 0.6) is 0 Å². The molecule has 0 unspecified atom stereocenters. The van der Waals surface area contributed by atoms with Crippen LogP contribution in [0.15, 0.2) is 18.3 Å². The third kappa shape index (κ3) is 7.14. The van der Waals surface area contributed by atoms with Gasteiger partial charge in [0, 0.05) is 50.5 Å². The van der Waals surface area contributed by atoms with Crippen LogP contribution in [-0.4, -0.2) is 54.3 Å². The molecule has 0 radical (unpaired) electrons. The molecule has 0 spiro atoms. The summed E-state index contributed by atoms with van der Waals surface area (Å²) in [5.41, 5.74) is 0.464. The average molecular weight is 503 g/mol. The molecule has 0 bridgehead atoms. The normalized spacial score (nSPS) is 23.5. The summed E-state index contributed by atoms with van der Waals surface area (Å²) in [6.45, 7) is 11.4. The predicted octanol–water partition coefficient (Wildman–Crippen LogP) is 4.89. The number of carbonyl (C=O) groups excluding carboxylic acids is 2. The van der Waals surface area contributed by atoms with Crippen molar-refractivity contribution >= 4 is 17.5 Å². The van der Waals surface area contributed by atoms with E-state index < -0.39 is 23.5 Å². The zero-order chi connectivity index (χ0) is 26.5. The number of amides is 1. The molecule has 0 aliphatic heterocycles. The number of aliphatic hydroxyl groups excluding tert-OH is 1. The third-order valence-corrected chi connectivity index (χ3v) is 7.79. The first-order valence-electron chi connectivity index (χ1n) is 13.7. The van der Waals surface area contributed by atoms with Gasteiger partial charge in [-0.2, -0.15) is 0 Å². The van der Waals surface area contributed by atoms with E-state index in [1.165, 1.54) is 0 Å². The lowest BCUT2D eigenvalue weighted by atomic mass is 9.74. The summed E-state index contributed by atoms with van der Waals surface area (Å²) in [5, 5.41) is 11.3. The Morgan fingerprint density at radius 3 is 2.42 bits per heavy atom. The fourth-order valence-electron chi connectivity index (χ4n) is 5.39. The van der Waals surface area contributed by atoms with Gasteiger partial charge in [-0.25, -0.2) is 4.98 Å². The number of ether oxygens (including phenoxy) is 2. The van der Waals surface area contributed by atoms with Crippen LogP contribution in [0.2, 0.25) is 0 Å². The molecule has 0 saturated heterocycles. The highest BCUT2D eigenvalue weighted by Crippen LogP contribution is 2.38. The van der Waals surface area contributed by atoms with Gasteiger partial charge < -0.3 is 14.6 Å². The van der Waals surface area contributed by atoms with Crippen molar-refractivity contribution in [3.05, 3.63) is 23.9 Å². The summed E-state index contributed by atoms with van der Waals surface area (Å²) in [4.78, 5) is 33.5. The Kier molecular flexibility index (Phi) is 10.1. The number of carbonyl (C=O) groups is 2. The van der Waals surface area contributed by atoms with Crippen LogP contribution in [0, 0.1) is 23.7 Å². The van der Waals surface area contributed by atoms with Gasteiger partial charge in [0.15, 0.2) is 0 Å². The van der Waals surface area contributed by atoms with Gasteiger partial charge >= 0.3 is 0 Å². The highest BCUT2D eigenvalue weighted by atomic mass is 16.5. The SMILES string of the molecule is CCOC[C@H](CC(=O)[C@@H]1CCC[C@H](C(=O)N(c2ccc(C(C)(C)OC)cn2)C2CC2)[C@@H]1O)CC(C)C. The van der Waals surface area contributed by atoms with Gasteiger partial charge in [0.2, 0.25) is 5.91 Å². The second-order valence-electron chi connectivity index (χ2n) is 11.5. The van der Waals surface area contributed by atoms with E-state index in [1.54, 1.807) is 18.2 Å². The van der Waals surface area contributed by atoms with Gasteiger partial charge in [-0.15, -0.1) is 0 Å². The van der Waals surface area contributed by atoms with Gasteiger partial charge in [0.25, 0.3) is 0 Å². The van der Waals surface area contributed by atoms with E-state index in [1.807, 2.05) is 32.9 Å². The van der Waals surface area contributed by atoms with Crippen LogP contribution in [0.3, 0.4) is 0 Å². The lowest BCUT2D eigenvalue weighted by Gasteiger charge is -2.36. The van der Waals surface area contributed by atoms with Crippen molar-refractivity contribution in [2.24, 2.45) is 23.7 Å². The summed E-state index contributed by atoms with van der Waals surface area (Å²) in [5.74, 6) is 0.0856. The second-order valence-corrected chi connectivity index (χ2v) is 11.5. The Morgan fingerprint density at radius 1 is 1.17 bits per heavy atom. The first kappa shape index (κ1) is 28.7. The molecular formula is C29H46N2O5. The Bertz CT molecular complexity index is 865. The highest BCUT2D eigenvalue weighted by molar-refractivity contribution is 5.96. The number of rotatable bonds is 13. The fraction of sp³-hybridized carbons (Fsp3) is 0.759. The number of nitrogens with zero attached hydrogens (tertiary/aromatic N) is 2. The van der Waals surface area contributed by atoms with E-state index in [9.17, 15) is 14.7 Å². The predicted molar refractivity (Wildman–Crippen MR) is 141 cm³/mol. The molecule has 4 atom stereocenters. The molecule has 2 aliphatic rings. The topological polar surface area (TPSA) is 89.0 Å². The molecule has 2 aliphatic carbocycles. The Hall–Kier alpha value is -1.83. The van der Waals surface area contributed by atoms with E-state index in [4.69, 9.17) is 9.47 Å². The molecule has 1 aromatic rings. The minimum absolute atomic E-state index is 0.0626. The molecule has 0 aromatic carbocycles. The van der Waals surface area contributed by atoms with Gasteiger partial charge in [0.05, 0.1) is 17.6 Å². The van der Waals surface area contributed by atoms with E-state index in [2.05, 4.69) is 18.8 Å². The summed E-state index contributed by atoms with van der Waals surface area (Å²) >= 11 is 0. The van der Waals surface area contributed by atoms with E-state index in [0.717, 1.165) is 31.2 Å². The highest BCUT2D eigenvalue weighted by Gasteiger charge is 2.45. The Morgan fingerprint density at radius 2 is 1.86 bits per heavy atom. The van der Waals surface area contributed by atoms with Crippen molar-refractivity contribution in [2.45, 2.75) is 97.3 Å². The van der Waals surface area contributed by atoms with Gasteiger partial charge in [-0.05, 0) is 70.8 Å².